The lowest BCUT2D eigenvalue weighted by molar-refractivity contribution is -0.274. The summed E-state index contributed by atoms with van der Waals surface area (Å²) in [5.41, 5.74) is 1.46. The Morgan fingerprint density at radius 2 is 1.78 bits per heavy atom. The minimum absolute atomic E-state index is 0.0826. The van der Waals surface area contributed by atoms with Crippen LogP contribution in [0.1, 0.15) is 25.0 Å². The average Bonchev–Trinajstić information content (AvgIpc) is 2.79. The number of allylic oxidation sites excluding steroid dienone is 2. The number of alkyl halides is 3. The van der Waals surface area contributed by atoms with Crippen molar-refractivity contribution in [2.75, 3.05) is 7.11 Å². The number of benzene rings is 2. The molecule has 0 aliphatic carbocycles. The highest BCUT2D eigenvalue weighted by Crippen LogP contribution is 2.35. The first-order valence-corrected chi connectivity index (χ1v) is 10.7. The second kappa shape index (κ2) is 9.33. The Labute approximate surface area is 202 Å². The molecular formula is C25H21F3N4O4. The highest BCUT2D eigenvalue weighted by molar-refractivity contribution is 6.23. The molecule has 186 valence electrons. The van der Waals surface area contributed by atoms with Crippen LogP contribution in [0.4, 0.5) is 13.2 Å². The van der Waals surface area contributed by atoms with Gasteiger partial charge in [-0.3, -0.25) is 9.78 Å². The van der Waals surface area contributed by atoms with Crippen LogP contribution in [0.5, 0.6) is 11.5 Å². The van der Waals surface area contributed by atoms with Gasteiger partial charge in [0.1, 0.15) is 17.0 Å². The average molecular weight is 498 g/mol. The molecular weight excluding hydrogens is 477 g/mol. The maximum Gasteiger partial charge on any atom is 0.573 e. The van der Waals surface area contributed by atoms with Gasteiger partial charge < -0.3 is 24.6 Å². The minimum atomic E-state index is -4.90. The predicted octanol–water partition coefficient (Wildman–Crippen LogP) is 5.23. The van der Waals surface area contributed by atoms with E-state index in [1.165, 1.54) is 49.9 Å². The molecule has 4 aromatic rings. The van der Waals surface area contributed by atoms with Gasteiger partial charge in [0, 0.05) is 27.8 Å². The molecule has 4 rings (SSSR count). The quantitative estimate of drug-likeness (QED) is 0.214. The van der Waals surface area contributed by atoms with Crippen molar-refractivity contribution >= 4 is 33.2 Å². The standard InChI is InChI=1S/C25H21F3N4O4/c1-13(29)23(14(2)33)17-8-18-16(9-21(17)35-3)24-19(10-30-18)31-11-22(34)32(24)12-15-6-4-5-7-20(15)36-25(26,27)28/h4-11,29,33H,12H2,1-3H3/b23-14+,29-13?. The summed E-state index contributed by atoms with van der Waals surface area (Å²) in [6, 6.07) is 8.79. The molecule has 2 aromatic heterocycles. The van der Waals surface area contributed by atoms with E-state index in [9.17, 15) is 23.1 Å². The Bertz CT molecular complexity index is 1590. The Balaban J connectivity index is 1.99. The summed E-state index contributed by atoms with van der Waals surface area (Å²) in [6.45, 7) is 2.75. The lowest BCUT2D eigenvalue weighted by Crippen LogP contribution is -2.23. The molecule has 11 heteroatoms. The van der Waals surface area contributed by atoms with Crippen molar-refractivity contribution in [3.8, 4) is 11.5 Å². The zero-order chi connectivity index (χ0) is 26.2. The number of halogens is 3. The topological polar surface area (TPSA) is 110 Å². The normalized spacial score (nSPS) is 12.5. The Kier molecular flexibility index (Phi) is 6.40. The van der Waals surface area contributed by atoms with E-state index >= 15 is 0 Å². The van der Waals surface area contributed by atoms with Gasteiger partial charge in [0.05, 0.1) is 42.8 Å². The summed E-state index contributed by atoms with van der Waals surface area (Å²) in [4.78, 5) is 21.5. The zero-order valence-electron chi connectivity index (χ0n) is 19.5. The first kappa shape index (κ1) is 24.7. The molecule has 0 aliphatic rings. The molecule has 0 bridgehead atoms. The number of hydrogen-bond donors (Lipinski definition) is 2. The van der Waals surface area contributed by atoms with Gasteiger partial charge in [0.25, 0.3) is 5.56 Å². The lowest BCUT2D eigenvalue weighted by Gasteiger charge is -2.17. The van der Waals surface area contributed by atoms with Crippen molar-refractivity contribution in [2.45, 2.75) is 26.8 Å². The van der Waals surface area contributed by atoms with Crippen LogP contribution in [0.25, 0.3) is 27.5 Å². The van der Waals surface area contributed by atoms with Gasteiger partial charge in [0.15, 0.2) is 0 Å². The van der Waals surface area contributed by atoms with Crippen molar-refractivity contribution in [2.24, 2.45) is 0 Å². The second-order valence-electron chi connectivity index (χ2n) is 7.99. The van der Waals surface area contributed by atoms with E-state index in [1.54, 1.807) is 18.2 Å². The molecule has 0 saturated carbocycles. The molecule has 2 N–H and O–H groups in total. The van der Waals surface area contributed by atoms with Gasteiger partial charge in [-0.1, -0.05) is 18.2 Å². The highest BCUT2D eigenvalue weighted by atomic mass is 19.4. The van der Waals surface area contributed by atoms with Crippen molar-refractivity contribution in [1.29, 1.82) is 5.41 Å². The summed E-state index contributed by atoms with van der Waals surface area (Å²) >= 11 is 0. The van der Waals surface area contributed by atoms with Crippen LogP contribution < -0.4 is 15.0 Å². The van der Waals surface area contributed by atoms with Gasteiger partial charge in [-0.25, -0.2) is 4.98 Å². The van der Waals surface area contributed by atoms with E-state index in [1.807, 2.05) is 0 Å². The van der Waals surface area contributed by atoms with E-state index in [4.69, 9.17) is 10.1 Å². The molecule has 0 amide bonds. The number of nitrogens with one attached hydrogen (secondary N) is 1. The highest BCUT2D eigenvalue weighted by Gasteiger charge is 2.32. The third kappa shape index (κ3) is 4.72. The van der Waals surface area contributed by atoms with Crippen LogP contribution in [-0.4, -0.2) is 38.8 Å². The van der Waals surface area contributed by atoms with Crippen molar-refractivity contribution in [1.82, 2.24) is 14.5 Å². The molecule has 2 aromatic carbocycles. The van der Waals surface area contributed by atoms with Crippen molar-refractivity contribution < 1.29 is 27.8 Å². The summed E-state index contributed by atoms with van der Waals surface area (Å²) in [7, 11) is 1.42. The Morgan fingerprint density at radius 3 is 2.42 bits per heavy atom. The van der Waals surface area contributed by atoms with E-state index in [0.29, 0.717) is 33.2 Å². The van der Waals surface area contributed by atoms with E-state index in [2.05, 4.69) is 14.7 Å². The van der Waals surface area contributed by atoms with Crippen molar-refractivity contribution in [3.63, 3.8) is 0 Å². The molecule has 0 fully saturated rings. The van der Waals surface area contributed by atoms with Gasteiger partial charge in [0.2, 0.25) is 0 Å². The zero-order valence-corrected chi connectivity index (χ0v) is 19.5. The number of para-hydroxylation sites is 1. The third-order valence-corrected chi connectivity index (χ3v) is 5.52. The van der Waals surface area contributed by atoms with Crippen LogP contribution in [-0.2, 0) is 6.54 Å². The first-order chi connectivity index (χ1) is 17.0. The summed E-state index contributed by atoms with van der Waals surface area (Å²) in [6.07, 6.45) is -2.39. The number of rotatable bonds is 6. The minimum Gasteiger partial charge on any atom is -0.512 e. The third-order valence-electron chi connectivity index (χ3n) is 5.52. The number of methoxy groups -OCH3 is 1. The Morgan fingerprint density at radius 1 is 1.08 bits per heavy atom. The first-order valence-electron chi connectivity index (χ1n) is 10.7. The molecule has 0 saturated heterocycles. The van der Waals surface area contributed by atoms with Crippen LogP contribution >= 0.6 is 0 Å². The van der Waals surface area contributed by atoms with Gasteiger partial charge in [-0.05, 0) is 32.0 Å². The molecule has 36 heavy (non-hydrogen) atoms. The molecule has 0 spiro atoms. The summed E-state index contributed by atoms with van der Waals surface area (Å²) in [5.74, 6) is -0.203. The maximum absolute atomic E-state index is 12.9. The maximum atomic E-state index is 12.9. The van der Waals surface area contributed by atoms with E-state index in [-0.39, 0.29) is 29.2 Å². The van der Waals surface area contributed by atoms with Gasteiger partial charge in [-0.2, -0.15) is 0 Å². The van der Waals surface area contributed by atoms with E-state index < -0.39 is 17.7 Å². The largest absolute Gasteiger partial charge is 0.573 e. The van der Waals surface area contributed by atoms with Crippen molar-refractivity contribution in [3.05, 3.63) is 76.0 Å². The van der Waals surface area contributed by atoms with Gasteiger partial charge in [-0.15, -0.1) is 13.2 Å². The van der Waals surface area contributed by atoms with E-state index in [0.717, 1.165) is 6.20 Å². The van der Waals surface area contributed by atoms with Crippen LogP contribution in [0.3, 0.4) is 0 Å². The molecule has 8 nitrogen and oxygen atoms in total. The van der Waals surface area contributed by atoms with Crippen LogP contribution in [0, 0.1) is 5.41 Å². The molecule has 0 aliphatic heterocycles. The fourth-order valence-corrected chi connectivity index (χ4v) is 4.10. The van der Waals surface area contributed by atoms with Crippen LogP contribution in [0.15, 0.2) is 59.3 Å². The number of ether oxygens (including phenoxy) is 2. The molecule has 0 unspecified atom stereocenters. The number of hydrogen-bond acceptors (Lipinski definition) is 7. The SMILES string of the molecule is COc1cc2c(cc1/C(C(C)=N)=C(\C)O)ncc1ncc(=O)n(Cc3ccccc3OC(F)(F)F)c12. The summed E-state index contributed by atoms with van der Waals surface area (Å²) in [5, 5.41) is 18.7. The molecule has 2 heterocycles. The second-order valence-corrected chi connectivity index (χ2v) is 7.99. The number of aromatic nitrogens is 3. The monoisotopic (exact) mass is 498 g/mol. The molecule has 0 atom stereocenters. The predicted molar refractivity (Wildman–Crippen MR) is 129 cm³/mol. The lowest BCUT2D eigenvalue weighted by atomic mass is 9.97. The van der Waals surface area contributed by atoms with Crippen LogP contribution in [0.2, 0.25) is 0 Å². The fourth-order valence-electron chi connectivity index (χ4n) is 4.10. The Hall–Kier alpha value is -4.41. The number of fused-ring (bicyclic) bond motifs is 3. The number of aliphatic hydroxyl groups is 1. The summed E-state index contributed by atoms with van der Waals surface area (Å²) < 4.78 is 49.8. The number of aliphatic hydroxyl groups excluding tert-OH is 1. The smallest absolute Gasteiger partial charge is 0.512 e. The number of nitrogens with zero attached hydrogens (tertiary/aromatic N) is 3. The fraction of sp³-hybridized carbons (Fsp3) is 0.200. The van der Waals surface area contributed by atoms with Gasteiger partial charge >= 0.3 is 6.36 Å². The molecule has 0 radical (unpaired) electrons. The number of pyridine rings is 1.